The third kappa shape index (κ3) is 3.61. The number of halogens is 1. The molecule has 0 saturated carbocycles. The van der Waals surface area contributed by atoms with E-state index in [1.807, 2.05) is 42.8 Å². The van der Waals surface area contributed by atoms with Gasteiger partial charge in [-0.2, -0.15) is 5.10 Å². The van der Waals surface area contributed by atoms with Crippen LogP contribution in [0.2, 0.25) is 0 Å². The molecule has 0 saturated heterocycles. The quantitative estimate of drug-likeness (QED) is 0.754. The standard InChI is InChI=1S/C15H13BrN4OS/c1-10-9-22-15(18-10)19-14(21)8-20-7-12(6-17-20)11-3-2-4-13(16)5-11/h2-7,9H,8H2,1H3,(H,18,19,21). The Morgan fingerprint density at radius 2 is 2.27 bits per heavy atom. The lowest BCUT2D eigenvalue weighted by Gasteiger charge is -2.02. The van der Waals surface area contributed by atoms with E-state index in [2.05, 4.69) is 31.3 Å². The van der Waals surface area contributed by atoms with Crippen LogP contribution in [0.15, 0.2) is 46.5 Å². The molecule has 0 fully saturated rings. The number of hydrogen-bond donors (Lipinski definition) is 1. The van der Waals surface area contributed by atoms with Crippen LogP contribution in [0.4, 0.5) is 5.13 Å². The molecule has 3 rings (SSSR count). The van der Waals surface area contributed by atoms with Gasteiger partial charge in [0.05, 0.1) is 11.9 Å². The zero-order valence-corrected chi connectivity index (χ0v) is 14.2. The molecule has 0 atom stereocenters. The second kappa shape index (κ2) is 6.41. The molecular formula is C15H13BrN4OS. The summed E-state index contributed by atoms with van der Waals surface area (Å²) in [6.07, 6.45) is 3.61. The van der Waals surface area contributed by atoms with Gasteiger partial charge in [-0.05, 0) is 24.6 Å². The largest absolute Gasteiger partial charge is 0.300 e. The minimum Gasteiger partial charge on any atom is -0.300 e. The van der Waals surface area contributed by atoms with Crippen molar-refractivity contribution in [3.8, 4) is 11.1 Å². The van der Waals surface area contributed by atoms with Crippen LogP contribution in [0, 0.1) is 6.92 Å². The molecule has 0 aliphatic heterocycles. The molecule has 5 nitrogen and oxygen atoms in total. The topological polar surface area (TPSA) is 59.8 Å². The smallest absolute Gasteiger partial charge is 0.247 e. The number of carbonyl (C=O) groups is 1. The molecule has 0 spiro atoms. The van der Waals surface area contributed by atoms with Gasteiger partial charge in [0.15, 0.2) is 5.13 Å². The lowest BCUT2D eigenvalue weighted by molar-refractivity contribution is -0.116. The Balaban J connectivity index is 1.67. The number of nitrogens with one attached hydrogen (secondary N) is 1. The van der Waals surface area contributed by atoms with Crippen LogP contribution in [0.5, 0.6) is 0 Å². The Hall–Kier alpha value is -1.99. The van der Waals surface area contributed by atoms with Gasteiger partial charge in [-0.25, -0.2) is 4.98 Å². The van der Waals surface area contributed by atoms with E-state index < -0.39 is 0 Å². The van der Waals surface area contributed by atoms with E-state index in [0.29, 0.717) is 5.13 Å². The maximum Gasteiger partial charge on any atom is 0.247 e. The highest BCUT2D eigenvalue weighted by Crippen LogP contribution is 2.22. The van der Waals surface area contributed by atoms with E-state index in [1.165, 1.54) is 11.3 Å². The molecule has 1 N–H and O–H groups in total. The van der Waals surface area contributed by atoms with Crippen molar-refractivity contribution >= 4 is 38.3 Å². The molecule has 1 amide bonds. The number of carbonyl (C=O) groups excluding carboxylic acids is 1. The van der Waals surface area contributed by atoms with Crippen molar-refractivity contribution in [1.29, 1.82) is 0 Å². The first-order valence-corrected chi connectivity index (χ1v) is 8.28. The molecule has 2 heterocycles. The van der Waals surface area contributed by atoms with Gasteiger partial charge in [-0.1, -0.05) is 28.1 Å². The Labute approximate surface area is 140 Å². The number of hydrogen-bond acceptors (Lipinski definition) is 4. The molecule has 2 aromatic heterocycles. The van der Waals surface area contributed by atoms with Crippen molar-refractivity contribution in [2.45, 2.75) is 13.5 Å². The van der Waals surface area contributed by atoms with Crippen molar-refractivity contribution in [3.05, 3.63) is 52.2 Å². The van der Waals surface area contributed by atoms with Gasteiger partial charge >= 0.3 is 0 Å². The average molecular weight is 377 g/mol. The number of aromatic nitrogens is 3. The van der Waals surface area contributed by atoms with Gasteiger partial charge in [0.2, 0.25) is 5.91 Å². The molecule has 3 aromatic rings. The fraction of sp³-hybridized carbons (Fsp3) is 0.133. The van der Waals surface area contributed by atoms with E-state index in [9.17, 15) is 4.79 Å². The summed E-state index contributed by atoms with van der Waals surface area (Å²) in [5, 5.41) is 9.51. The normalized spacial score (nSPS) is 10.6. The van der Waals surface area contributed by atoms with Crippen LogP contribution < -0.4 is 5.32 Å². The van der Waals surface area contributed by atoms with Crippen molar-refractivity contribution in [2.24, 2.45) is 0 Å². The number of aryl methyl sites for hydroxylation is 1. The summed E-state index contributed by atoms with van der Waals surface area (Å²) < 4.78 is 2.63. The molecule has 0 unspecified atom stereocenters. The summed E-state index contributed by atoms with van der Waals surface area (Å²) in [4.78, 5) is 16.2. The zero-order valence-electron chi connectivity index (χ0n) is 11.8. The van der Waals surface area contributed by atoms with Crippen molar-refractivity contribution in [1.82, 2.24) is 14.8 Å². The predicted octanol–water partition coefficient (Wildman–Crippen LogP) is 3.72. The van der Waals surface area contributed by atoms with E-state index in [4.69, 9.17) is 0 Å². The summed E-state index contributed by atoms with van der Waals surface area (Å²) in [6.45, 7) is 2.05. The van der Waals surface area contributed by atoms with Crippen LogP contribution in [-0.2, 0) is 11.3 Å². The van der Waals surface area contributed by atoms with Crippen LogP contribution in [0.25, 0.3) is 11.1 Å². The van der Waals surface area contributed by atoms with Crippen LogP contribution in [0.3, 0.4) is 0 Å². The zero-order chi connectivity index (χ0) is 15.5. The Morgan fingerprint density at radius 1 is 1.41 bits per heavy atom. The first-order valence-electron chi connectivity index (χ1n) is 6.60. The molecule has 0 aliphatic carbocycles. The lowest BCUT2D eigenvalue weighted by Crippen LogP contribution is -2.18. The van der Waals surface area contributed by atoms with Crippen molar-refractivity contribution in [2.75, 3.05) is 5.32 Å². The maximum atomic E-state index is 12.0. The fourth-order valence-electron chi connectivity index (χ4n) is 1.98. The van der Waals surface area contributed by atoms with E-state index in [-0.39, 0.29) is 12.5 Å². The third-order valence-corrected chi connectivity index (χ3v) is 4.33. The summed E-state index contributed by atoms with van der Waals surface area (Å²) in [5.41, 5.74) is 2.92. The second-order valence-corrected chi connectivity index (χ2v) is 6.55. The Bertz CT molecular complexity index is 811. The summed E-state index contributed by atoms with van der Waals surface area (Å²) >= 11 is 4.86. The highest BCUT2D eigenvalue weighted by Gasteiger charge is 2.08. The minimum atomic E-state index is -0.141. The van der Waals surface area contributed by atoms with Crippen LogP contribution in [0.1, 0.15) is 5.69 Å². The fourth-order valence-corrected chi connectivity index (χ4v) is 3.09. The lowest BCUT2D eigenvalue weighted by atomic mass is 10.1. The minimum absolute atomic E-state index is 0.141. The molecule has 0 aliphatic rings. The highest BCUT2D eigenvalue weighted by atomic mass is 79.9. The number of nitrogens with zero attached hydrogens (tertiary/aromatic N) is 3. The summed E-state index contributed by atoms with van der Waals surface area (Å²) in [5.74, 6) is -0.141. The second-order valence-electron chi connectivity index (χ2n) is 4.78. The molecular weight excluding hydrogens is 364 g/mol. The average Bonchev–Trinajstić information content (AvgIpc) is 3.08. The monoisotopic (exact) mass is 376 g/mol. The molecule has 1 aromatic carbocycles. The van der Waals surface area contributed by atoms with Crippen molar-refractivity contribution < 1.29 is 4.79 Å². The van der Waals surface area contributed by atoms with Gasteiger partial charge in [0, 0.05) is 21.6 Å². The Kier molecular flexibility index (Phi) is 4.35. The number of rotatable bonds is 4. The van der Waals surface area contributed by atoms with E-state index in [0.717, 1.165) is 21.3 Å². The SMILES string of the molecule is Cc1csc(NC(=O)Cn2cc(-c3cccc(Br)c3)cn2)n1. The first-order chi connectivity index (χ1) is 10.6. The van der Waals surface area contributed by atoms with Gasteiger partial charge < -0.3 is 5.32 Å². The molecule has 112 valence electrons. The summed E-state index contributed by atoms with van der Waals surface area (Å²) in [7, 11) is 0. The van der Waals surface area contributed by atoms with Crippen LogP contribution in [-0.4, -0.2) is 20.7 Å². The maximum absolute atomic E-state index is 12.0. The van der Waals surface area contributed by atoms with E-state index >= 15 is 0 Å². The first kappa shape index (κ1) is 14.9. The number of anilines is 1. The van der Waals surface area contributed by atoms with Gasteiger partial charge in [0.1, 0.15) is 6.54 Å². The van der Waals surface area contributed by atoms with E-state index in [1.54, 1.807) is 10.9 Å². The Morgan fingerprint density at radius 3 is 3.00 bits per heavy atom. The predicted molar refractivity (Wildman–Crippen MR) is 90.8 cm³/mol. The third-order valence-electron chi connectivity index (χ3n) is 2.96. The van der Waals surface area contributed by atoms with Crippen LogP contribution >= 0.6 is 27.3 Å². The number of thiazole rings is 1. The summed E-state index contributed by atoms with van der Waals surface area (Å²) in [6, 6.07) is 7.95. The molecule has 0 radical (unpaired) electrons. The molecule has 22 heavy (non-hydrogen) atoms. The van der Waals surface area contributed by atoms with Gasteiger partial charge in [-0.15, -0.1) is 11.3 Å². The number of benzene rings is 1. The van der Waals surface area contributed by atoms with Gasteiger partial charge in [0.25, 0.3) is 0 Å². The van der Waals surface area contributed by atoms with Crippen molar-refractivity contribution in [3.63, 3.8) is 0 Å². The molecule has 0 bridgehead atoms. The highest BCUT2D eigenvalue weighted by molar-refractivity contribution is 9.10. The molecule has 7 heteroatoms. The number of amides is 1. The van der Waals surface area contributed by atoms with Gasteiger partial charge in [-0.3, -0.25) is 9.48 Å².